The topological polar surface area (TPSA) is 96.7 Å². The smallest absolute Gasteiger partial charge is 0.221 e. The van der Waals surface area contributed by atoms with Crippen molar-refractivity contribution in [2.45, 2.75) is 25.8 Å². The van der Waals surface area contributed by atoms with Crippen LogP contribution < -0.4 is 5.32 Å². The Hall–Kier alpha value is -2.96. The zero-order valence-corrected chi connectivity index (χ0v) is 12.7. The molecule has 0 fully saturated rings. The summed E-state index contributed by atoms with van der Waals surface area (Å²) in [7, 11) is 0. The number of amides is 1. The number of hydrogen-bond donors (Lipinski definition) is 2. The number of oxazole rings is 1. The highest BCUT2D eigenvalue weighted by Crippen LogP contribution is 2.20. The SMILES string of the molecule is C[C@@H](NC(=O)CCc1ncc(-c2ccccc2)o1)c1ncn[nH]1. The van der Waals surface area contributed by atoms with E-state index in [1.165, 1.54) is 6.33 Å². The number of carbonyl (C=O) groups excluding carboxylic acids is 1. The predicted octanol–water partition coefficient (Wildman–Crippen LogP) is 2.27. The number of nitrogens with zero attached hydrogens (tertiary/aromatic N) is 3. The molecule has 118 valence electrons. The van der Waals surface area contributed by atoms with Gasteiger partial charge in [-0.3, -0.25) is 9.89 Å². The predicted molar refractivity (Wildman–Crippen MR) is 83.2 cm³/mol. The molecule has 1 aromatic carbocycles. The highest BCUT2D eigenvalue weighted by Gasteiger charge is 2.13. The summed E-state index contributed by atoms with van der Waals surface area (Å²) < 4.78 is 5.68. The fraction of sp³-hybridized carbons (Fsp3) is 0.250. The van der Waals surface area contributed by atoms with Crippen LogP contribution in [0.5, 0.6) is 0 Å². The number of aromatic amines is 1. The highest BCUT2D eigenvalue weighted by atomic mass is 16.4. The minimum absolute atomic E-state index is 0.0895. The Kier molecular flexibility index (Phi) is 4.46. The molecule has 23 heavy (non-hydrogen) atoms. The van der Waals surface area contributed by atoms with Crippen LogP contribution in [0.2, 0.25) is 0 Å². The van der Waals surface area contributed by atoms with Gasteiger partial charge in [0.2, 0.25) is 5.91 Å². The van der Waals surface area contributed by atoms with Gasteiger partial charge in [-0.1, -0.05) is 30.3 Å². The first-order valence-electron chi connectivity index (χ1n) is 7.37. The summed E-state index contributed by atoms with van der Waals surface area (Å²) in [5, 5.41) is 9.34. The fourth-order valence-electron chi connectivity index (χ4n) is 2.19. The zero-order chi connectivity index (χ0) is 16.1. The molecule has 0 unspecified atom stereocenters. The summed E-state index contributed by atoms with van der Waals surface area (Å²) in [6, 6.07) is 9.52. The maximum absolute atomic E-state index is 12.0. The van der Waals surface area contributed by atoms with E-state index in [0.29, 0.717) is 30.3 Å². The summed E-state index contributed by atoms with van der Waals surface area (Å²) in [5.41, 5.74) is 0.967. The molecule has 0 aliphatic rings. The van der Waals surface area contributed by atoms with Gasteiger partial charge in [0.05, 0.1) is 12.2 Å². The van der Waals surface area contributed by atoms with E-state index in [1.807, 2.05) is 37.3 Å². The Morgan fingerprint density at radius 1 is 1.30 bits per heavy atom. The van der Waals surface area contributed by atoms with Crippen molar-refractivity contribution in [1.82, 2.24) is 25.5 Å². The Morgan fingerprint density at radius 3 is 2.87 bits per heavy atom. The summed E-state index contributed by atoms with van der Waals surface area (Å²) in [5.74, 6) is 1.79. The molecule has 0 radical (unpaired) electrons. The van der Waals surface area contributed by atoms with E-state index in [9.17, 15) is 4.79 Å². The van der Waals surface area contributed by atoms with Gasteiger partial charge in [-0.25, -0.2) is 9.97 Å². The molecule has 2 aromatic heterocycles. The van der Waals surface area contributed by atoms with Crippen molar-refractivity contribution in [2.75, 3.05) is 0 Å². The number of aromatic nitrogens is 4. The Balaban J connectivity index is 1.52. The van der Waals surface area contributed by atoms with Gasteiger partial charge in [-0.15, -0.1) is 0 Å². The molecule has 0 saturated heterocycles. The van der Waals surface area contributed by atoms with Crippen LogP contribution in [0.15, 0.2) is 47.3 Å². The summed E-state index contributed by atoms with van der Waals surface area (Å²) >= 11 is 0. The standard InChI is InChI=1S/C16H17N5O2/c1-11(16-18-10-19-21-16)20-14(22)7-8-15-17-9-13(23-15)12-5-3-2-4-6-12/h2-6,9-11H,7-8H2,1H3,(H,20,22)(H,18,19,21)/t11-/m1/s1. The number of benzene rings is 1. The molecule has 7 nitrogen and oxygen atoms in total. The molecule has 0 spiro atoms. The van der Waals surface area contributed by atoms with E-state index in [4.69, 9.17) is 4.42 Å². The summed E-state index contributed by atoms with van der Waals surface area (Å²) in [4.78, 5) is 20.2. The van der Waals surface area contributed by atoms with E-state index < -0.39 is 0 Å². The first-order valence-corrected chi connectivity index (χ1v) is 7.37. The normalized spacial score (nSPS) is 12.0. The van der Waals surface area contributed by atoms with Crippen LogP contribution >= 0.6 is 0 Å². The first-order chi connectivity index (χ1) is 11.2. The molecule has 0 bridgehead atoms. The Labute approximate surface area is 133 Å². The highest BCUT2D eigenvalue weighted by molar-refractivity contribution is 5.76. The molecule has 3 rings (SSSR count). The van der Waals surface area contributed by atoms with Crippen LogP contribution in [-0.4, -0.2) is 26.1 Å². The molecule has 2 heterocycles. The number of H-pyrrole nitrogens is 1. The van der Waals surface area contributed by atoms with Crippen molar-refractivity contribution < 1.29 is 9.21 Å². The van der Waals surface area contributed by atoms with Crippen molar-refractivity contribution in [3.8, 4) is 11.3 Å². The number of aryl methyl sites for hydroxylation is 1. The molecule has 3 aromatic rings. The van der Waals surface area contributed by atoms with Crippen LogP contribution in [0, 0.1) is 0 Å². The van der Waals surface area contributed by atoms with Gasteiger partial charge < -0.3 is 9.73 Å². The molecule has 1 amide bonds. The number of hydrogen-bond acceptors (Lipinski definition) is 5. The lowest BCUT2D eigenvalue weighted by atomic mass is 10.2. The second-order valence-corrected chi connectivity index (χ2v) is 5.14. The molecule has 1 atom stereocenters. The van der Waals surface area contributed by atoms with Crippen molar-refractivity contribution in [3.05, 3.63) is 54.6 Å². The monoisotopic (exact) mass is 311 g/mol. The number of carbonyl (C=O) groups is 1. The van der Waals surface area contributed by atoms with Gasteiger partial charge in [-0.2, -0.15) is 5.10 Å². The summed E-state index contributed by atoms with van der Waals surface area (Å²) in [6.07, 6.45) is 3.84. The minimum atomic E-state index is -0.213. The lowest BCUT2D eigenvalue weighted by Gasteiger charge is -2.10. The molecular weight excluding hydrogens is 294 g/mol. The lowest BCUT2D eigenvalue weighted by Crippen LogP contribution is -2.27. The van der Waals surface area contributed by atoms with Crippen LogP contribution in [0.3, 0.4) is 0 Å². The van der Waals surface area contributed by atoms with E-state index >= 15 is 0 Å². The van der Waals surface area contributed by atoms with E-state index in [-0.39, 0.29) is 11.9 Å². The van der Waals surface area contributed by atoms with E-state index in [1.54, 1.807) is 6.20 Å². The van der Waals surface area contributed by atoms with Crippen molar-refractivity contribution in [3.63, 3.8) is 0 Å². The van der Waals surface area contributed by atoms with Crippen molar-refractivity contribution in [1.29, 1.82) is 0 Å². The average molecular weight is 311 g/mol. The van der Waals surface area contributed by atoms with Crippen LogP contribution in [-0.2, 0) is 11.2 Å². The molecular formula is C16H17N5O2. The van der Waals surface area contributed by atoms with Gasteiger partial charge >= 0.3 is 0 Å². The quantitative estimate of drug-likeness (QED) is 0.728. The van der Waals surface area contributed by atoms with Crippen LogP contribution in [0.25, 0.3) is 11.3 Å². The third-order valence-electron chi connectivity index (χ3n) is 3.40. The van der Waals surface area contributed by atoms with Gasteiger partial charge in [0.1, 0.15) is 12.2 Å². The second-order valence-electron chi connectivity index (χ2n) is 5.14. The number of rotatable bonds is 6. The van der Waals surface area contributed by atoms with Crippen LogP contribution in [0.1, 0.15) is 31.1 Å². The molecule has 2 N–H and O–H groups in total. The van der Waals surface area contributed by atoms with Gasteiger partial charge in [0.25, 0.3) is 0 Å². The van der Waals surface area contributed by atoms with E-state index in [0.717, 1.165) is 5.56 Å². The Morgan fingerprint density at radius 2 is 2.13 bits per heavy atom. The fourth-order valence-corrected chi connectivity index (χ4v) is 2.19. The van der Waals surface area contributed by atoms with Crippen LogP contribution in [0.4, 0.5) is 0 Å². The third kappa shape index (κ3) is 3.82. The number of nitrogens with one attached hydrogen (secondary N) is 2. The average Bonchev–Trinajstić information content (AvgIpc) is 3.25. The van der Waals surface area contributed by atoms with E-state index in [2.05, 4.69) is 25.5 Å². The molecule has 0 aliphatic heterocycles. The second kappa shape index (κ2) is 6.87. The van der Waals surface area contributed by atoms with Gasteiger partial charge in [0.15, 0.2) is 11.7 Å². The van der Waals surface area contributed by atoms with Gasteiger partial charge in [0, 0.05) is 18.4 Å². The van der Waals surface area contributed by atoms with Crippen molar-refractivity contribution >= 4 is 5.91 Å². The molecule has 0 saturated carbocycles. The lowest BCUT2D eigenvalue weighted by molar-refractivity contribution is -0.121. The third-order valence-corrected chi connectivity index (χ3v) is 3.40. The van der Waals surface area contributed by atoms with Crippen molar-refractivity contribution in [2.24, 2.45) is 0 Å². The Bertz CT molecular complexity index is 752. The minimum Gasteiger partial charge on any atom is -0.441 e. The maximum atomic E-state index is 12.0. The molecule has 7 heteroatoms. The molecule has 0 aliphatic carbocycles. The van der Waals surface area contributed by atoms with Gasteiger partial charge in [-0.05, 0) is 6.92 Å². The largest absolute Gasteiger partial charge is 0.441 e. The first kappa shape index (κ1) is 15.0. The summed E-state index contributed by atoms with van der Waals surface area (Å²) in [6.45, 7) is 1.84. The maximum Gasteiger partial charge on any atom is 0.221 e. The zero-order valence-electron chi connectivity index (χ0n) is 12.7.